The molecule has 3 aliphatic rings. The molecule has 3 amide bonds. The Hall–Kier alpha value is -1.06. The predicted molar refractivity (Wildman–Crippen MR) is 67.9 cm³/mol. The third-order valence-corrected chi connectivity index (χ3v) is 4.98. The number of imide groups is 1. The fraction of sp³-hybridized carbons (Fsp3) is 0.857. The highest BCUT2D eigenvalue weighted by Gasteiger charge is 2.48. The number of rotatable bonds is 1. The van der Waals surface area contributed by atoms with E-state index in [9.17, 15) is 9.59 Å². The Labute approximate surface area is 108 Å². The maximum Gasteiger partial charge on any atom is 0.324 e. The van der Waals surface area contributed by atoms with Crippen LogP contribution in [0.4, 0.5) is 4.79 Å². The molecule has 3 unspecified atom stereocenters. The minimum Gasteiger partial charge on any atom is -0.334 e. The topological polar surface area (TPSA) is 49.4 Å². The lowest BCUT2D eigenvalue weighted by Gasteiger charge is -2.40. The number of amides is 3. The van der Waals surface area contributed by atoms with Crippen molar-refractivity contribution in [2.45, 2.75) is 64.0 Å². The van der Waals surface area contributed by atoms with E-state index in [1.807, 2.05) is 0 Å². The molecule has 0 radical (unpaired) electrons. The van der Waals surface area contributed by atoms with E-state index in [4.69, 9.17) is 0 Å². The van der Waals surface area contributed by atoms with Crippen LogP contribution in [-0.2, 0) is 4.79 Å². The summed E-state index contributed by atoms with van der Waals surface area (Å²) in [6, 6.07) is 0.106. The van der Waals surface area contributed by atoms with Crippen LogP contribution in [-0.4, -0.2) is 28.9 Å². The van der Waals surface area contributed by atoms with E-state index >= 15 is 0 Å². The molecule has 2 aliphatic carbocycles. The van der Waals surface area contributed by atoms with Crippen LogP contribution in [0, 0.1) is 11.8 Å². The Morgan fingerprint density at radius 2 is 1.78 bits per heavy atom. The number of carbonyl (C=O) groups is 2. The van der Waals surface area contributed by atoms with Crippen molar-refractivity contribution in [2.24, 2.45) is 11.8 Å². The van der Waals surface area contributed by atoms with Crippen LogP contribution in [0.25, 0.3) is 0 Å². The van der Waals surface area contributed by atoms with Crippen molar-refractivity contribution in [3.05, 3.63) is 0 Å². The van der Waals surface area contributed by atoms with Crippen molar-refractivity contribution in [3.63, 3.8) is 0 Å². The second kappa shape index (κ2) is 4.56. The predicted octanol–water partition coefficient (Wildman–Crippen LogP) is 2.29. The SMILES string of the molecule is CC1CCC2C(=O)N(C3CCCCC3)C(=O)NC12. The smallest absolute Gasteiger partial charge is 0.324 e. The molecule has 2 saturated carbocycles. The summed E-state index contributed by atoms with van der Waals surface area (Å²) in [6.07, 6.45) is 7.51. The highest BCUT2D eigenvalue weighted by Crippen LogP contribution is 2.37. The molecule has 0 aromatic carbocycles. The normalized spacial score (nSPS) is 37.6. The highest BCUT2D eigenvalue weighted by molar-refractivity contribution is 5.99. The average molecular weight is 250 g/mol. The Morgan fingerprint density at radius 3 is 2.50 bits per heavy atom. The van der Waals surface area contributed by atoms with Gasteiger partial charge in [-0.25, -0.2) is 4.79 Å². The summed E-state index contributed by atoms with van der Waals surface area (Å²) < 4.78 is 0. The summed E-state index contributed by atoms with van der Waals surface area (Å²) in [5.41, 5.74) is 0. The summed E-state index contributed by atoms with van der Waals surface area (Å²) in [5, 5.41) is 3.07. The number of hydrogen-bond donors (Lipinski definition) is 1. The first-order chi connectivity index (χ1) is 8.68. The van der Waals surface area contributed by atoms with E-state index in [-0.39, 0.29) is 29.9 Å². The molecular formula is C14H22N2O2. The number of hydrogen-bond acceptors (Lipinski definition) is 2. The molecule has 3 fully saturated rings. The summed E-state index contributed by atoms with van der Waals surface area (Å²) in [7, 11) is 0. The van der Waals surface area contributed by atoms with Crippen molar-refractivity contribution in [2.75, 3.05) is 0 Å². The second-order valence-corrected chi connectivity index (χ2v) is 6.14. The van der Waals surface area contributed by atoms with Crippen LogP contribution in [0.2, 0.25) is 0 Å². The first kappa shape index (κ1) is 12.0. The van der Waals surface area contributed by atoms with Crippen molar-refractivity contribution in [3.8, 4) is 0 Å². The van der Waals surface area contributed by atoms with Gasteiger partial charge in [-0.3, -0.25) is 9.69 Å². The maximum atomic E-state index is 12.5. The van der Waals surface area contributed by atoms with Crippen LogP contribution in [0.15, 0.2) is 0 Å². The molecule has 1 heterocycles. The van der Waals surface area contributed by atoms with Crippen LogP contribution in [0.5, 0.6) is 0 Å². The number of carbonyl (C=O) groups excluding carboxylic acids is 2. The highest BCUT2D eigenvalue weighted by atomic mass is 16.2. The molecule has 0 aromatic heterocycles. The summed E-state index contributed by atoms with van der Waals surface area (Å²) >= 11 is 0. The fourth-order valence-corrected chi connectivity index (χ4v) is 3.89. The van der Waals surface area contributed by atoms with Gasteiger partial charge < -0.3 is 5.32 Å². The first-order valence-corrected chi connectivity index (χ1v) is 7.32. The monoisotopic (exact) mass is 250 g/mol. The van der Waals surface area contributed by atoms with Crippen molar-refractivity contribution >= 4 is 11.9 Å². The molecule has 0 bridgehead atoms. The van der Waals surface area contributed by atoms with Crippen molar-refractivity contribution in [1.29, 1.82) is 0 Å². The average Bonchev–Trinajstić information content (AvgIpc) is 2.73. The van der Waals surface area contributed by atoms with Crippen LogP contribution >= 0.6 is 0 Å². The van der Waals surface area contributed by atoms with E-state index in [0.717, 1.165) is 38.5 Å². The van der Waals surface area contributed by atoms with Gasteiger partial charge >= 0.3 is 6.03 Å². The van der Waals surface area contributed by atoms with Gasteiger partial charge in [0.2, 0.25) is 5.91 Å². The van der Waals surface area contributed by atoms with Crippen molar-refractivity contribution < 1.29 is 9.59 Å². The van der Waals surface area contributed by atoms with Crippen LogP contribution in [0.1, 0.15) is 51.9 Å². The quantitative estimate of drug-likeness (QED) is 0.776. The Balaban J connectivity index is 1.79. The summed E-state index contributed by atoms with van der Waals surface area (Å²) in [5.74, 6) is 0.580. The number of nitrogens with one attached hydrogen (secondary N) is 1. The van der Waals surface area contributed by atoms with Gasteiger partial charge in [-0.15, -0.1) is 0 Å². The lowest BCUT2D eigenvalue weighted by molar-refractivity contribution is -0.137. The van der Waals surface area contributed by atoms with E-state index in [1.165, 1.54) is 6.42 Å². The molecule has 18 heavy (non-hydrogen) atoms. The summed E-state index contributed by atoms with van der Waals surface area (Å²) in [4.78, 5) is 26.3. The second-order valence-electron chi connectivity index (χ2n) is 6.14. The Morgan fingerprint density at radius 1 is 1.06 bits per heavy atom. The minimum absolute atomic E-state index is 0.0413. The van der Waals surface area contributed by atoms with Crippen LogP contribution < -0.4 is 5.32 Å². The zero-order valence-electron chi connectivity index (χ0n) is 11.0. The fourth-order valence-electron chi connectivity index (χ4n) is 3.89. The number of nitrogens with zero attached hydrogens (tertiary/aromatic N) is 1. The van der Waals surface area contributed by atoms with Gasteiger partial charge in [0, 0.05) is 12.1 Å². The molecule has 1 aliphatic heterocycles. The summed E-state index contributed by atoms with van der Waals surface area (Å²) in [6.45, 7) is 2.13. The van der Waals surface area contributed by atoms with Gasteiger partial charge in [-0.2, -0.15) is 0 Å². The zero-order valence-corrected chi connectivity index (χ0v) is 11.0. The van der Waals surface area contributed by atoms with Crippen LogP contribution in [0.3, 0.4) is 0 Å². The molecule has 4 heteroatoms. The molecule has 4 nitrogen and oxygen atoms in total. The first-order valence-electron chi connectivity index (χ1n) is 7.32. The van der Waals surface area contributed by atoms with E-state index in [2.05, 4.69) is 12.2 Å². The molecule has 3 atom stereocenters. The van der Waals surface area contributed by atoms with E-state index in [1.54, 1.807) is 4.90 Å². The largest absolute Gasteiger partial charge is 0.334 e. The van der Waals surface area contributed by atoms with Gasteiger partial charge in [0.1, 0.15) is 0 Å². The van der Waals surface area contributed by atoms with Gasteiger partial charge in [-0.05, 0) is 31.6 Å². The van der Waals surface area contributed by atoms with Gasteiger partial charge in [0.05, 0.1) is 5.92 Å². The Bertz CT molecular complexity index is 363. The molecule has 1 N–H and O–H groups in total. The minimum atomic E-state index is -0.137. The Kier molecular flexibility index (Phi) is 3.04. The van der Waals surface area contributed by atoms with Gasteiger partial charge in [-0.1, -0.05) is 26.2 Å². The number of fused-ring (bicyclic) bond motifs is 1. The molecule has 0 aromatic rings. The molecule has 0 spiro atoms. The van der Waals surface area contributed by atoms with E-state index in [0.29, 0.717) is 5.92 Å². The lowest BCUT2D eigenvalue weighted by Crippen LogP contribution is -2.62. The third-order valence-electron chi connectivity index (χ3n) is 4.98. The lowest BCUT2D eigenvalue weighted by atomic mass is 9.90. The van der Waals surface area contributed by atoms with Gasteiger partial charge in [0.25, 0.3) is 0 Å². The standard InChI is InChI=1S/C14H22N2O2/c1-9-7-8-11-12(9)15-14(18)16(13(11)17)10-5-3-2-4-6-10/h9-12H,2-8H2,1H3,(H,15,18). The molecule has 100 valence electrons. The zero-order chi connectivity index (χ0) is 12.7. The third kappa shape index (κ3) is 1.82. The molecule has 3 rings (SSSR count). The van der Waals surface area contributed by atoms with E-state index < -0.39 is 0 Å². The van der Waals surface area contributed by atoms with Gasteiger partial charge in [0.15, 0.2) is 0 Å². The number of urea groups is 1. The maximum absolute atomic E-state index is 12.5. The molecular weight excluding hydrogens is 228 g/mol. The van der Waals surface area contributed by atoms with Crippen molar-refractivity contribution in [1.82, 2.24) is 10.2 Å². The molecule has 1 saturated heterocycles.